The first kappa shape index (κ1) is 22.5. The summed E-state index contributed by atoms with van der Waals surface area (Å²) in [6, 6.07) is 10.9. The fourth-order valence-electron chi connectivity index (χ4n) is 4.41. The van der Waals surface area contributed by atoms with Crippen molar-refractivity contribution in [2.45, 2.75) is 32.7 Å². The highest BCUT2D eigenvalue weighted by Crippen LogP contribution is 2.22. The Morgan fingerprint density at radius 3 is 2.61 bits per heavy atom. The molecule has 2 aromatic heterocycles. The van der Waals surface area contributed by atoms with Gasteiger partial charge in [-0.05, 0) is 61.7 Å². The molecular formula is C25H28N6O2. The summed E-state index contributed by atoms with van der Waals surface area (Å²) in [6.45, 7) is 7.08. The number of hydrogen-bond donors (Lipinski definition) is 1. The van der Waals surface area contributed by atoms with Crippen molar-refractivity contribution in [1.82, 2.24) is 24.6 Å². The van der Waals surface area contributed by atoms with Crippen LogP contribution in [-0.2, 0) is 0 Å². The molecule has 4 rings (SSSR count). The third-order valence-corrected chi connectivity index (χ3v) is 6.51. The van der Waals surface area contributed by atoms with Gasteiger partial charge in [-0.15, -0.1) is 0 Å². The van der Waals surface area contributed by atoms with Crippen molar-refractivity contribution < 1.29 is 4.79 Å². The minimum Gasteiger partial charge on any atom is -0.339 e. The number of piperidine rings is 1. The Kier molecular flexibility index (Phi) is 6.43. The van der Waals surface area contributed by atoms with Gasteiger partial charge in [0.25, 0.3) is 11.5 Å². The van der Waals surface area contributed by atoms with E-state index in [1.54, 1.807) is 36.5 Å². The van der Waals surface area contributed by atoms with Crippen LogP contribution in [0.4, 0.5) is 0 Å². The first-order valence-electron chi connectivity index (χ1n) is 11.2. The van der Waals surface area contributed by atoms with Crippen LogP contribution < -0.4 is 5.56 Å². The molecule has 0 spiro atoms. The number of aromatic amines is 1. The fraction of sp³-hybridized carbons (Fsp3) is 0.360. The van der Waals surface area contributed by atoms with Crippen LogP contribution in [0.5, 0.6) is 0 Å². The topological polar surface area (TPSA) is 98.0 Å². The lowest BCUT2D eigenvalue weighted by atomic mass is 10.0. The van der Waals surface area contributed by atoms with E-state index in [0.29, 0.717) is 22.5 Å². The Balaban J connectivity index is 1.52. The van der Waals surface area contributed by atoms with Crippen LogP contribution in [0.25, 0.3) is 16.9 Å². The van der Waals surface area contributed by atoms with Crippen LogP contribution in [0.15, 0.2) is 47.5 Å². The van der Waals surface area contributed by atoms with Gasteiger partial charge in [0.15, 0.2) is 5.82 Å². The largest absolute Gasteiger partial charge is 0.339 e. The number of H-pyrrole nitrogens is 1. The Morgan fingerprint density at radius 2 is 2.00 bits per heavy atom. The summed E-state index contributed by atoms with van der Waals surface area (Å²) >= 11 is 0. The molecule has 1 N–H and O–H groups in total. The Labute approximate surface area is 193 Å². The van der Waals surface area contributed by atoms with E-state index in [2.05, 4.69) is 28.0 Å². The maximum Gasteiger partial charge on any atom is 0.280 e. The molecule has 1 amide bonds. The number of nitriles is 1. The average molecular weight is 445 g/mol. The van der Waals surface area contributed by atoms with Crippen LogP contribution in [0, 0.1) is 18.3 Å². The molecule has 0 radical (unpaired) electrons. The number of carbonyl (C=O) groups excluding carboxylic acids is 1. The molecule has 3 heterocycles. The van der Waals surface area contributed by atoms with Crippen LogP contribution >= 0.6 is 0 Å². The molecule has 0 saturated carbocycles. The lowest BCUT2D eigenvalue weighted by Gasteiger charge is -2.36. The summed E-state index contributed by atoms with van der Waals surface area (Å²) < 4.78 is 1.35. The highest BCUT2D eigenvalue weighted by molar-refractivity contribution is 5.94. The number of nitrogens with zero attached hydrogens (tertiary/aromatic N) is 5. The van der Waals surface area contributed by atoms with Gasteiger partial charge in [0.2, 0.25) is 0 Å². The SMILES string of the molecule is CCN1CCC(N(C)C(=O)c2ccc(-n3[nH]cc(-c4ccc(C#N)cc4C)c3=O)nc2)CC1. The van der Waals surface area contributed by atoms with Gasteiger partial charge >= 0.3 is 0 Å². The monoisotopic (exact) mass is 444 g/mol. The zero-order chi connectivity index (χ0) is 23.5. The molecule has 8 heteroatoms. The standard InChI is InChI=1S/C25H28N6O2/c1-4-30-11-9-20(10-12-30)29(3)24(32)19-6-8-23(27-15-19)31-25(33)22(16-28-31)21-7-5-18(14-26)13-17(21)2/h5-8,13,15-16,20,28H,4,9-12H2,1-3H3. The predicted molar refractivity (Wildman–Crippen MR) is 126 cm³/mol. The summed E-state index contributed by atoms with van der Waals surface area (Å²) in [5, 5.41) is 12.0. The molecule has 8 nitrogen and oxygen atoms in total. The third-order valence-electron chi connectivity index (χ3n) is 6.51. The lowest BCUT2D eigenvalue weighted by molar-refractivity contribution is 0.0646. The minimum absolute atomic E-state index is 0.0586. The predicted octanol–water partition coefficient (Wildman–Crippen LogP) is 2.96. The van der Waals surface area contributed by atoms with Crippen molar-refractivity contribution in [2.75, 3.05) is 26.7 Å². The number of hydrogen-bond acceptors (Lipinski definition) is 5. The molecule has 3 aromatic rings. The minimum atomic E-state index is -0.241. The molecule has 1 aliphatic heterocycles. The molecule has 0 aliphatic carbocycles. The van der Waals surface area contributed by atoms with Gasteiger partial charge in [-0.2, -0.15) is 5.26 Å². The van der Waals surface area contributed by atoms with E-state index in [0.717, 1.165) is 43.6 Å². The van der Waals surface area contributed by atoms with E-state index in [9.17, 15) is 9.59 Å². The van der Waals surface area contributed by atoms with Gasteiger partial charge in [0, 0.05) is 38.6 Å². The van der Waals surface area contributed by atoms with Crippen LogP contribution in [-0.4, -0.2) is 63.2 Å². The number of pyridine rings is 1. The number of aromatic nitrogens is 3. The average Bonchev–Trinajstić information content (AvgIpc) is 3.24. The summed E-state index contributed by atoms with van der Waals surface area (Å²) in [4.78, 5) is 34.6. The molecule has 1 saturated heterocycles. The number of rotatable bonds is 5. The number of amides is 1. The second-order valence-corrected chi connectivity index (χ2v) is 8.46. The van der Waals surface area contributed by atoms with Crippen LogP contribution in [0.2, 0.25) is 0 Å². The molecule has 0 atom stereocenters. The van der Waals surface area contributed by atoms with Crippen molar-refractivity contribution in [1.29, 1.82) is 5.26 Å². The Bertz CT molecular complexity index is 1240. The van der Waals surface area contributed by atoms with E-state index in [1.807, 2.05) is 18.9 Å². The number of nitrogens with one attached hydrogen (secondary N) is 1. The number of carbonyl (C=O) groups is 1. The third kappa shape index (κ3) is 4.45. The molecule has 1 aliphatic rings. The van der Waals surface area contributed by atoms with Gasteiger partial charge in [-0.25, -0.2) is 9.67 Å². The second-order valence-electron chi connectivity index (χ2n) is 8.46. The molecule has 1 fully saturated rings. The number of benzene rings is 1. The van der Waals surface area contributed by atoms with Crippen molar-refractivity contribution in [3.8, 4) is 23.0 Å². The van der Waals surface area contributed by atoms with Gasteiger partial charge < -0.3 is 9.80 Å². The molecule has 33 heavy (non-hydrogen) atoms. The second kappa shape index (κ2) is 9.43. The maximum atomic E-state index is 13.0. The summed E-state index contributed by atoms with van der Waals surface area (Å²) in [6.07, 6.45) is 5.09. The first-order chi connectivity index (χ1) is 15.9. The number of likely N-dealkylation sites (tertiary alicyclic amines) is 1. The van der Waals surface area contributed by atoms with E-state index < -0.39 is 0 Å². The summed E-state index contributed by atoms with van der Waals surface area (Å²) in [5.74, 6) is 0.352. The van der Waals surface area contributed by atoms with Gasteiger partial charge in [0.1, 0.15) is 0 Å². The van der Waals surface area contributed by atoms with Gasteiger partial charge in [-0.1, -0.05) is 13.0 Å². The normalized spacial score (nSPS) is 14.7. The summed E-state index contributed by atoms with van der Waals surface area (Å²) in [5.41, 5.74) is 2.92. The first-order valence-corrected chi connectivity index (χ1v) is 11.2. The van der Waals surface area contributed by atoms with E-state index in [-0.39, 0.29) is 17.5 Å². The van der Waals surface area contributed by atoms with Crippen molar-refractivity contribution >= 4 is 5.91 Å². The Morgan fingerprint density at radius 1 is 1.24 bits per heavy atom. The van der Waals surface area contributed by atoms with E-state index in [4.69, 9.17) is 5.26 Å². The van der Waals surface area contributed by atoms with Gasteiger partial charge in [0.05, 0.1) is 22.8 Å². The van der Waals surface area contributed by atoms with Crippen molar-refractivity contribution in [3.63, 3.8) is 0 Å². The molecular weight excluding hydrogens is 416 g/mol. The molecule has 0 bridgehead atoms. The van der Waals surface area contributed by atoms with E-state index >= 15 is 0 Å². The van der Waals surface area contributed by atoms with Crippen molar-refractivity contribution in [3.05, 3.63) is 69.8 Å². The van der Waals surface area contributed by atoms with Gasteiger partial charge in [-0.3, -0.25) is 14.7 Å². The number of aryl methyl sites for hydroxylation is 1. The van der Waals surface area contributed by atoms with Crippen LogP contribution in [0.1, 0.15) is 41.3 Å². The fourth-order valence-corrected chi connectivity index (χ4v) is 4.41. The smallest absolute Gasteiger partial charge is 0.280 e. The maximum absolute atomic E-state index is 13.0. The quantitative estimate of drug-likeness (QED) is 0.652. The Hall–Kier alpha value is -3.70. The van der Waals surface area contributed by atoms with E-state index in [1.165, 1.54) is 10.9 Å². The zero-order valence-corrected chi connectivity index (χ0v) is 19.2. The van der Waals surface area contributed by atoms with Crippen LogP contribution in [0.3, 0.4) is 0 Å². The summed E-state index contributed by atoms with van der Waals surface area (Å²) in [7, 11) is 1.85. The van der Waals surface area contributed by atoms with Crippen molar-refractivity contribution in [2.24, 2.45) is 0 Å². The highest BCUT2D eigenvalue weighted by atomic mass is 16.2. The molecule has 1 aromatic carbocycles. The zero-order valence-electron chi connectivity index (χ0n) is 19.2. The lowest BCUT2D eigenvalue weighted by Crippen LogP contribution is -2.45. The molecule has 0 unspecified atom stereocenters. The molecule has 170 valence electrons. The highest BCUT2D eigenvalue weighted by Gasteiger charge is 2.25.